The van der Waals surface area contributed by atoms with Gasteiger partial charge in [0.2, 0.25) is 0 Å². The van der Waals surface area contributed by atoms with Gasteiger partial charge in [-0.05, 0) is 43.5 Å². The van der Waals surface area contributed by atoms with Crippen molar-refractivity contribution >= 4 is 17.8 Å². The molecule has 8 heteroatoms. The number of hydrogen-bond donors (Lipinski definition) is 2. The monoisotopic (exact) mass is 412 g/mol. The molecule has 0 saturated heterocycles. The van der Waals surface area contributed by atoms with Crippen LogP contribution in [-0.2, 0) is 11.3 Å². The Balaban J connectivity index is 1.25. The summed E-state index contributed by atoms with van der Waals surface area (Å²) in [5.74, 6) is 1.15. The number of unbranched alkanes of at least 4 members (excludes halogenated alkanes) is 1. The molecule has 0 unspecified atom stereocenters. The third kappa shape index (κ3) is 5.70. The molecule has 0 bridgehead atoms. The maximum Gasteiger partial charge on any atom is 0.261 e. The molecule has 2 N–H and O–H groups in total. The zero-order valence-electron chi connectivity index (χ0n) is 17.2. The summed E-state index contributed by atoms with van der Waals surface area (Å²) in [5, 5.41) is 6.48. The fourth-order valence-corrected chi connectivity index (χ4v) is 3.21. The second kappa shape index (κ2) is 11.2. The number of carbonyl (C=O) groups excluding carboxylic acids is 2. The van der Waals surface area contributed by atoms with Gasteiger partial charge in [0.25, 0.3) is 11.8 Å². The van der Waals surface area contributed by atoms with Crippen molar-refractivity contribution < 1.29 is 18.7 Å². The fraction of sp³-hybridized carbons (Fsp3) is 0.409. The molecule has 1 aromatic carbocycles. The molecular formula is C22H28N4O4. The molecule has 2 aromatic rings. The second-order valence-electron chi connectivity index (χ2n) is 6.93. The number of rotatable bonds is 11. The van der Waals surface area contributed by atoms with Crippen molar-refractivity contribution in [1.29, 1.82) is 0 Å². The SMILES string of the molecule is CN=C(NCCCCN1C(=O)c2ccccc2C1=O)NCCCOCc1ccco1. The maximum atomic E-state index is 12.3. The molecular weight excluding hydrogens is 384 g/mol. The number of hydrogen-bond acceptors (Lipinski definition) is 5. The Hall–Kier alpha value is -3.13. The summed E-state index contributed by atoms with van der Waals surface area (Å²) in [6, 6.07) is 10.7. The quantitative estimate of drug-likeness (QED) is 0.255. The lowest BCUT2D eigenvalue weighted by Gasteiger charge is -2.15. The molecule has 3 rings (SSSR count). The minimum absolute atomic E-state index is 0.199. The van der Waals surface area contributed by atoms with E-state index in [1.165, 1.54) is 4.90 Å². The third-order valence-corrected chi connectivity index (χ3v) is 4.79. The lowest BCUT2D eigenvalue weighted by molar-refractivity contribution is 0.0652. The van der Waals surface area contributed by atoms with Gasteiger partial charge in [-0.3, -0.25) is 19.5 Å². The molecule has 1 aliphatic rings. The van der Waals surface area contributed by atoms with Crippen molar-refractivity contribution in [2.24, 2.45) is 4.99 Å². The number of nitrogens with zero attached hydrogens (tertiary/aromatic N) is 2. The maximum absolute atomic E-state index is 12.3. The molecule has 30 heavy (non-hydrogen) atoms. The van der Waals surface area contributed by atoms with E-state index in [4.69, 9.17) is 9.15 Å². The van der Waals surface area contributed by atoms with E-state index in [1.807, 2.05) is 12.1 Å². The summed E-state index contributed by atoms with van der Waals surface area (Å²) >= 11 is 0. The van der Waals surface area contributed by atoms with Gasteiger partial charge < -0.3 is 19.8 Å². The number of fused-ring (bicyclic) bond motifs is 1. The van der Waals surface area contributed by atoms with Gasteiger partial charge in [-0.2, -0.15) is 0 Å². The van der Waals surface area contributed by atoms with E-state index in [-0.39, 0.29) is 11.8 Å². The van der Waals surface area contributed by atoms with Crippen LogP contribution in [0.4, 0.5) is 0 Å². The molecule has 0 aliphatic carbocycles. The summed E-state index contributed by atoms with van der Waals surface area (Å²) < 4.78 is 10.8. The van der Waals surface area contributed by atoms with Crippen LogP contribution < -0.4 is 10.6 Å². The van der Waals surface area contributed by atoms with E-state index in [2.05, 4.69) is 15.6 Å². The van der Waals surface area contributed by atoms with Crippen molar-refractivity contribution in [2.45, 2.75) is 25.9 Å². The average Bonchev–Trinajstić information content (AvgIpc) is 3.37. The van der Waals surface area contributed by atoms with Crippen LogP contribution in [0, 0.1) is 0 Å². The van der Waals surface area contributed by atoms with Crippen molar-refractivity contribution in [3.8, 4) is 0 Å². The van der Waals surface area contributed by atoms with E-state index in [9.17, 15) is 9.59 Å². The first-order chi connectivity index (χ1) is 14.7. The van der Waals surface area contributed by atoms with E-state index >= 15 is 0 Å². The van der Waals surface area contributed by atoms with E-state index < -0.39 is 0 Å². The molecule has 160 valence electrons. The zero-order chi connectivity index (χ0) is 21.2. The second-order valence-corrected chi connectivity index (χ2v) is 6.93. The van der Waals surface area contributed by atoms with Crippen LogP contribution in [0.15, 0.2) is 52.1 Å². The lowest BCUT2D eigenvalue weighted by atomic mass is 10.1. The van der Waals surface area contributed by atoms with Crippen LogP contribution in [0.1, 0.15) is 45.7 Å². The van der Waals surface area contributed by atoms with Crippen LogP contribution in [0.25, 0.3) is 0 Å². The van der Waals surface area contributed by atoms with Crippen molar-refractivity contribution in [3.63, 3.8) is 0 Å². The standard InChI is InChI=1S/C22H28N4O4/c1-23-22(25-12-7-14-29-16-17-8-6-15-30-17)24-11-4-5-13-26-20(27)18-9-2-3-10-19(18)21(26)28/h2-3,6,8-10,15H,4-5,7,11-14,16H2,1H3,(H2,23,24,25). The van der Waals surface area contributed by atoms with Crippen LogP contribution >= 0.6 is 0 Å². The molecule has 8 nitrogen and oxygen atoms in total. The minimum Gasteiger partial charge on any atom is -0.467 e. The highest BCUT2D eigenvalue weighted by atomic mass is 16.5. The van der Waals surface area contributed by atoms with Crippen LogP contribution in [-0.4, -0.2) is 56.0 Å². The van der Waals surface area contributed by atoms with Gasteiger partial charge in [0, 0.05) is 33.3 Å². The molecule has 2 heterocycles. The first-order valence-corrected chi connectivity index (χ1v) is 10.2. The summed E-state index contributed by atoms with van der Waals surface area (Å²) in [4.78, 5) is 30.2. The van der Waals surface area contributed by atoms with Gasteiger partial charge in [-0.15, -0.1) is 0 Å². The number of aliphatic imine (C=N–C) groups is 1. The number of furan rings is 1. The number of imide groups is 1. The predicted molar refractivity (Wildman–Crippen MR) is 113 cm³/mol. The van der Waals surface area contributed by atoms with Crippen molar-refractivity contribution in [1.82, 2.24) is 15.5 Å². The molecule has 1 aliphatic heterocycles. The average molecular weight is 412 g/mol. The molecule has 0 radical (unpaired) electrons. The van der Waals surface area contributed by atoms with Crippen LogP contribution in [0.3, 0.4) is 0 Å². The van der Waals surface area contributed by atoms with E-state index in [0.29, 0.717) is 37.4 Å². The topological polar surface area (TPSA) is 96.2 Å². The highest BCUT2D eigenvalue weighted by molar-refractivity contribution is 6.21. The highest BCUT2D eigenvalue weighted by Gasteiger charge is 2.34. The fourth-order valence-electron chi connectivity index (χ4n) is 3.21. The first kappa shape index (κ1) is 21.6. The van der Waals surface area contributed by atoms with Gasteiger partial charge >= 0.3 is 0 Å². The molecule has 0 atom stereocenters. The number of amides is 2. The number of benzene rings is 1. The Kier molecular flexibility index (Phi) is 8.02. The first-order valence-electron chi connectivity index (χ1n) is 10.2. The smallest absolute Gasteiger partial charge is 0.261 e. The van der Waals surface area contributed by atoms with E-state index in [0.717, 1.165) is 37.5 Å². The molecule has 1 aromatic heterocycles. The normalized spacial score (nSPS) is 13.6. The summed E-state index contributed by atoms with van der Waals surface area (Å²) in [7, 11) is 1.72. The van der Waals surface area contributed by atoms with Crippen molar-refractivity contribution in [3.05, 3.63) is 59.5 Å². The van der Waals surface area contributed by atoms with Crippen molar-refractivity contribution in [2.75, 3.05) is 33.3 Å². The predicted octanol–water partition coefficient (Wildman–Crippen LogP) is 2.43. The van der Waals surface area contributed by atoms with Gasteiger partial charge in [0.05, 0.1) is 17.4 Å². The van der Waals surface area contributed by atoms with Crippen LogP contribution in [0.5, 0.6) is 0 Å². The Bertz CT molecular complexity index is 829. The zero-order valence-corrected chi connectivity index (χ0v) is 17.2. The van der Waals surface area contributed by atoms with Gasteiger partial charge in [0.1, 0.15) is 12.4 Å². The Morgan fingerprint density at radius 3 is 2.33 bits per heavy atom. The number of guanidine groups is 1. The Morgan fingerprint density at radius 1 is 1.00 bits per heavy atom. The largest absolute Gasteiger partial charge is 0.467 e. The number of ether oxygens (including phenoxy) is 1. The number of carbonyl (C=O) groups is 2. The summed E-state index contributed by atoms with van der Waals surface area (Å²) in [5.41, 5.74) is 0.997. The van der Waals surface area contributed by atoms with E-state index in [1.54, 1.807) is 37.6 Å². The number of nitrogens with one attached hydrogen (secondary N) is 2. The molecule has 2 amide bonds. The van der Waals surface area contributed by atoms with Crippen LogP contribution in [0.2, 0.25) is 0 Å². The van der Waals surface area contributed by atoms with Gasteiger partial charge in [-0.1, -0.05) is 12.1 Å². The molecule has 0 saturated carbocycles. The van der Waals surface area contributed by atoms with Gasteiger partial charge in [-0.25, -0.2) is 0 Å². The molecule has 0 spiro atoms. The Morgan fingerprint density at radius 2 is 1.70 bits per heavy atom. The lowest BCUT2D eigenvalue weighted by Crippen LogP contribution is -2.38. The molecule has 0 fully saturated rings. The van der Waals surface area contributed by atoms with Gasteiger partial charge in [0.15, 0.2) is 5.96 Å². The summed E-state index contributed by atoms with van der Waals surface area (Å²) in [6.07, 6.45) is 4.04. The summed E-state index contributed by atoms with van der Waals surface area (Å²) in [6.45, 7) is 2.98. The Labute approximate surface area is 176 Å². The third-order valence-electron chi connectivity index (χ3n) is 4.79. The minimum atomic E-state index is -0.199. The highest BCUT2D eigenvalue weighted by Crippen LogP contribution is 2.22.